The smallest absolute Gasteiger partial charge is 0.408 e. The van der Waals surface area contributed by atoms with Crippen molar-refractivity contribution in [1.82, 2.24) is 16.0 Å². The van der Waals surface area contributed by atoms with Gasteiger partial charge in [0.25, 0.3) is 0 Å². The minimum atomic E-state index is -1.53. The molecule has 2 rings (SSSR count). The topological polar surface area (TPSA) is 212 Å². The summed E-state index contributed by atoms with van der Waals surface area (Å²) in [4.78, 5) is 61.2. The first-order valence-electron chi connectivity index (χ1n) is 12.8. The van der Waals surface area contributed by atoms with Crippen molar-refractivity contribution >= 4 is 29.7 Å². The lowest BCUT2D eigenvalue weighted by Gasteiger charge is -2.25. The van der Waals surface area contributed by atoms with E-state index >= 15 is 0 Å². The summed E-state index contributed by atoms with van der Waals surface area (Å²) in [5.41, 5.74) is 11.4. The molecular weight excluding hydrogens is 534 g/mol. The molecule has 2 aromatic rings. The first-order valence-corrected chi connectivity index (χ1v) is 12.8. The maximum atomic E-state index is 12.8. The van der Waals surface area contributed by atoms with Crippen molar-refractivity contribution < 1.29 is 38.6 Å². The molecule has 0 aliphatic carbocycles. The molecular formula is C28H37N5O8. The van der Waals surface area contributed by atoms with Crippen molar-refractivity contribution in [2.24, 2.45) is 11.5 Å². The van der Waals surface area contributed by atoms with Crippen molar-refractivity contribution in [2.45, 2.75) is 63.9 Å². The summed E-state index contributed by atoms with van der Waals surface area (Å²) in [6.45, 7) is 4.33. The number of benzene rings is 2. The third-order valence-corrected chi connectivity index (χ3v) is 5.50. The fourth-order valence-corrected chi connectivity index (χ4v) is 3.52. The first kappa shape index (κ1) is 32.6. The summed E-state index contributed by atoms with van der Waals surface area (Å²) in [6.07, 6.45) is -1.56. The number of alkyl carbamates (subject to hydrolysis) is 1. The number of ether oxygens (including phenoxy) is 2. The third kappa shape index (κ3) is 12.0. The number of amides is 5. The highest BCUT2D eigenvalue weighted by Gasteiger charge is 2.30. The van der Waals surface area contributed by atoms with Gasteiger partial charge in [-0.1, -0.05) is 42.5 Å². The van der Waals surface area contributed by atoms with E-state index in [9.17, 15) is 29.1 Å². The van der Waals surface area contributed by atoms with Crippen molar-refractivity contribution in [2.75, 3.05) is 6.61 Å². The number of carbonyl (C=O) groups is 5. The minimum absolute atomic E-state index is 0.0244. The van der Waals surface area contributed by atoms with Gasteiger partial charge < -0.3 is 42.0 Å². The fraction of sp³-hybridized carbons (Fsp3) is 0.393. The van der Waals surface area contributed by atoms with E-state index in [1.54, 1.807) is 45.0 Å². The molecule has 0 aliphatic rings. The van der Waals surface area contributed by atoms with Crippen LogP contribution < -0.4 is 32.2 Å². The molecule has 0 aliphatic heterocycles. The first-order chi connectivity index (χ1) is 19.3. The lowest BCUT2D eigenvalue weighted by atomic mass is 10.0. The zero-order chi connectivity index (χ0) is 30.6. The molecule has 0 spiro atoms. The Morgan fingerprint density at radius 2 is 1.39 bits per heavy atom. The van der Waals surface area contributed by atoms with Crippen LogP contribution in [0.5, 0.6) is 5.75 Å². The van der Waals surface area contributed by atoms with Crippen LogP contribution in [-0.4, -0.2) is 65.2 Å². The van der Waals surface area contributed by atoms with Gasteiger partial charge in [-0.25, -0.2) is 4.79 Å². The number of nitrogens with two attached hydrogens (primary N) is 2. The maximum Gasteiger partial charge on any atom is 0.408 e. The highest BCUT2D eigenvalue weighted by molar-refractivity contribution is 5.95. The van der Waals surface area contributed by atoms with E-state index in [0.29, 0.717) is 17.9 Å². The van der Waals surface area contributed by atoms with Gasteiger partial charge in [0.2, 0.25) is 23.6 Å². The van der Waals surface area contributed by atoms with Crippen molar-refractivity contribution in [3.63, 3.8) is 0 Å². The van der Waals surface area contributed by atoms with Crippen molar-refractivity contribution in [3.8, 4) is 5.75 Å². The third-order valence-electron chi connectivity index (χ3n) is 5.50. The van der Waals surface area contributed by atoms with Crippen LogP contribution in [0.25, 0.3) is 0 Å². The molecule has 41 heavy (non-hydrogen) atoms. The number of rotatable bonds is 14. The van der Waals surface area contributed by atoms with Gasteiger partial charge in [-0.15, -0.1) is 0 Å². The largest absolute Gasteiger partial charge is 0.489 e. The van der Waals surface area contributed by atoms with Crippen LogP contribution in [0.1, 0.15) is 38.3 Å². The Balaban J connectivity index is 2.00. The van der Waals surface area contributed by atoms with Crippen LogP contribution in [0.3, 0.4) is 0 Å². The monoisotopic (exact) mass is 571 g/mol. The van der Waals surface area contributed by atoms with Crippen molar-refractivity contribution in [1.29, 1.82) is 0 Å². The molecule has 13 heteroatoms. The number of aliphatic hydroxyl groups excluding tert-OH is 1. The molecule has 13 nitrogen and oxygen atoms in total. The fourth-order valence-electron chi connectivity index (χ4n) is 3.52. The SMILES string of the molecule is CC(C)(C)OC(=O)N[C@H](CC(N)=O)C(=O)N[C@H](CO)C(=O)N[C@H](Cc1ccc(OCc2ccccc2)cc1)C(N)=O. The summed E-state index contributed by atoms with van der Waals surface area (Å²) < 4.78 is 10.8. The molecule has 222 valence electrons. The molecule has 0 aromatic heterocycles. The Bertz CT molecular complexity index is 1200. The van der Waals surface area contributed by atoms with E-state index in [-0.39, 0.29) is 6.42 Å². The second kappa shape index (κ2) is 15.2. The summed E-state index contributed by atoms with van der Waals surface area (Å²) >= 11 is 0. The lowest BCUT2D eigenvalue weighted by molar-refractivity contribution is -0.133. The summed E-state index contributed by atoms with van der Waals surface area (Å²) in [5, 5.41) is 16.6. The average molecular weight is 572 g/mol. The highest BCUT2D eigenvalue weighted by atomic mass is 16.6. The molecule has 2 aromatic carbocycles. The standard InChI is InChI=1S/C28H37N5O8/c1-28(2,3)41-27(39)33-21(14-23(29)35)25(37)32-22(15-34)26(38)31-20(24(30)36)13-17-9-11-19(12-10-17)40-16-18-7-5-4-6-8-18/h4-12,20-22,34H,13-16H2,1-3H3,(H2,29,35)(H2,30,36)(H,31,38)(H,32,37)(H,33,39)/t20-,21-,22-/m1/s1. The van der Waals surface area contributed by atoms with E-state index in [2.05, 4.69) is 16.0 Å². The normalized spacial score (nSPS) is 13.2. The molecule has 0 unspecified atom stereocenters. The van der Waals surface area contributed by atoms with Crippen LogP contribution in [0, 0.1) is 0 Å². The van der Waals surface area contributed by atoms with Gasteiger partial charge in [-0.05, 0) is 44.0 Å². The van der Waals surface area contributed by atoms with Crippen LogP contribution in [0.4, 0.5) is 4.79 Å². The number of nitrogens with one attached hydrogen (secondary N) is 3. The predicted molar refractivity (Wildman–Crippen MR) is 148 cm³/mol. The van der Waals surface area contributed by atoms with Gasteiger partial charge in [0, 0.05) is 6.42 Å². The maximum absolute atomic E-state index is 12.8. The number of hydrogen-bond acceptors (Lipinski definition) is 8. The Hall–Kier alpha value is -4.65. The zero-order valence-corrected chi connectivity index (χ0v) is 23.2. The van der Waals surface area contributed by atoms with E-state index in [1.807, 2.05) is 30.3 Å². The highest BCUT2D eigenvalue weighted by Crippen LogP contribution is 2.15. The van der Waals surface area contributed by atoms with Gasteiger partial charge >= 0.3 is 6.09 Å². The van der Waals surface area contributed by atoms with Crippen LogP contribution in [-0.2, 0) is 36.9 Å². The van der Waals surface area contributed by atoms with Crippen LogP contribution >= 0.6 is 0 Å². The van der Waals surface area contributed by atoms with E-state index < -0.39 is 66.5 Å². The quantitative estimate of drug-likeness (QED) is 0.181. The van der Waals surface area contributed by atoms with E-state index in [0.717, 1.165) is 5.56 Å². The minimum Gasteiger partial charge on any atom is -0.489 e. The van der Waals surface area contributed by atoms with Crippen LogP contribution in [0.2, 0.25) is 0 Å². The molecule has 0 saturated heterocycles. The van der Waals surface area contributed by atoms with Gasteiger partial charge in [0.05, 0.1) is 13.0 Å². The Labute approximate surface area is 237 Å². The zero-order valence-electron chi connectivity index (χ0n) is 23.2. The van der Waals surface area contributed by atoms with Gasteiger partial charge in [-0.3, -0.25) is 19.2 Å². The Kier molecular flexibility index (Phi) is 12.1. The van der Waals surface area contributed by atoms with Gasteiger partial charge in [0.15, 0.2) is 0 Å². The second-order valence-corrected chi connectivity index (χ2v) is 10.2. The molecule has 0 fully saturated rings. The molecule has 3 atom stereocenters. The molecule has 0 saturated carbocycles. The molecule has 8 N–H and O–H groups in total. The van der Waals surface area contributed by atoms with Gasteiger partial charge in [-0.2, -0.15) is 0 Å². The molecule has 0 radical (unpaired) electrons. The molecule has 0 bridgehead atoms. The number of aliphatic hydroxyl groups is 1. The van der Waals surface area contributed by atoms with Crippen LogP contribution in [0.15, 0.2) is 54.6 Å². The lowest BCUT2D eigenvalue weighted by Crippen LogP contribution is -2.58. The predicted octanol–water partition coefficient (Wildman–Crippen LogP) is 0.0240. The average Bonchev–Trinajstić information content (AvgIpc) is 2.89. The summed E-state index contributed by atoms with van der Waals surface area (Å²) in [7, 11) is 0. The molecule has 0 heterocycles. The Morgan fingerprint density at radius 3 is 1.93 bits per heavy atom. The number of hydrogen-bond donors (Lipinski definition) is 6. The van der Waals surface area contributed by atoms with E-state index in [4.69, 9.17) is 20.9 Å². The number of primary amides is 2. The summed E-state index contributed by atoms with van der Waals surface area (Å²) in [5.74, 6) is -3.04. The number of carbonyl (C=O) groups excluding carboxylic acids is 5. The van der Waals surface area contributed by atoms with E-state index in [1.165, 1.54) is 0 Å². The second-order valence-electron chi connectivity index (χ2n) is 10.2. The summed E-state index contributed by atoms with van der Waals surface area (Å²) in [6, 6.07) is 12.3. The molecule has 5 amide bonds. The Morgan fingerprint density at radius 1 is 0.805 bits per heavy atom. The van der Waals surface area contributed by atoms with Crippen molar-refractivity contribution in [3.05, 3.63) is 65.7 Å². The van der Waals surface area contributed by atoms with Gasteiger partial charge in [0.1, 0.15) is 36.1 Å².